The molecule has 1 heterocycles. The molecule has 0 unspecified atom stereocenters. The normalized spacial score (nSPS) is 24.1. The second-order valence-corrected chi connectivity index (χ2v) is 4.87. The largest absolute Gasteiger partial charge is 0.489 e. The summed E-state index contributed by atoms with van der Waals surface area (Å²) in [7, 11) is 0. The molecule has 16 heavy (non-hydrogen) atoms. The Bertz CT molecular complexity index is 369. The number of ether oxygens (including phenoxy) is 1. The monoisotopic (exact) mass is 217 g/mol. The first-order valence-electron chi connectivity index (χ1n) is 6.41. The molecule has 1 fully saturated rings. The van der Waals surface area contributed by atoms with E-state index >= 15 is 0 Å². The molecule has 2 nitrogen and oxygen atoms in total. The molecule has 0 saturated carbocycles. The van der Waals surface area contributed by atoms with Gasteiger partial charge in [0.2, 0.25) is 0 Å². The van der Waals surface area contributed by atoms with E-state index in [4.69, 9.17) is 4.74 Å². The highest BCUT2D eigenvalue weighted by Crippen LogP contribution is 2.26. The molecule has 2 heteroatoms. The molecule has 1 aliphatic heterocycles. The van der Waals surface area contributed by atoms with Gasteiger partial charge in [0.25, 0.3) is 0 Å². The zero-order valence-corrected chi connectivity index (χ0v) is 9.67. The molecule has 0 radical (unpaired) electrons. The molecule has 1 saturated heterocycles. The van der Waals surface area contributed by atoms with Crippen molar-refractivity contribution in [3.63, 3.8) is 0 Å². The topological polar surface area (TPSA) is 21.3 Å². The van der Waals surface area contributed by atoms with Crippen molar-refractivity contribution in [2.75, 3.05) is 13.1 Å². The maximum absolute atomic E-state index is 5.98. The van der Waals surface area contributed by atoms with Crippen LogP contribution in [0.1, 0.15) is 30.4 Å². The minimum absolute atomic E-state index is 0.377. The standard InChI is InChI=1S/C14H19NO/c1-2-4-12-9-13(6-5-11(12)3-1)16-14-7-8-15-10-14/h5-6,9,14-15H,1-4,7-8,10H2/t14-/m1/s1. The second kappa shape index (κ2) is 4.46. The fraction of sp³-hybridized carbons (Fsp3) is 0.571. The van der Waals surface area contributed by atoms with Gasteiger partial charge in [-0.2, -0.15) is 0 Å². The molecule has 2 aliphatic rings. The summed E-state index contributed by atoms with van der Waals surface area (Å²) in [6.07, 6.45) is 6.68. The molecule has 1 aromatic rings. The van der Waals surface area contributed by atoms with Gasteiger partial charge >= 0.3 is 0 Å². The smallest absolute Gasteiger partial charge is 0.120 e. The summed E-state index contributed by atoms with van der Waals surface area (Å²) >= 11 is 0. The van der Waals surface area contributed by atoms with E-state index in [1.807, 2.05) is 0 Å². The number of aryl methyl sites for hydroxylation is 2. The lowest BCUT2D eigenvalue weighted by atomic mass is 9.92. The number of benzene rings is 1. The number of rotatable bonds is 2. The predicted molar refractivity (Wildman–Crippen MR) is 65.0 cm³/mol. The number of fused-ring (bicyclic) bond motifs is 1. The van der Waals surface area contributed by atoms with Crippen molar-refractivity contribution in [3.8, 4) is 5.75 Å². The van der Waals surface area contributed by atoms with Gasteiger partial charge in [0.1, 0.15) is 11.9 Å². The third kappa shape index (κ3) is 2.07. The maximum Gasteiger partial charge on any atom is 0.120 e. The van der Waals surface area contributed by atoms with E-state index in [0.29, 0.717) is 6.10 Å². The highest BCUT2D eigenvalue weighted by atomic mass is 16.5. The van der Waals surface area contributed by atoms with Gasteiger partial charge in [-0.1, -0.05) is 6.07 Å². The van der Waals surface area contributed by atoms with E-state index in [2.05, 4.69) is 23.5 Å². The molecule has 1 aromatic carbocycles. The van der Waals surface area contributed by atoms with Gasteiger partial charge in [0, 0.05) is 6.54 Å². The summed E-state index contributed by atoms with van der Waals surface area (Å²) in [5.74, 6) is 1.06. The van der Waals surface area contributed by atoms with E-state index in [-0.39, 0.29) is 0 Å². The first-order chi connectivity index (χ1) is 7.92. The Morgan fingerprint density at radius 3 is 2.81 bits per heavy atom. The molecule has 0 amide bonds. The van der Waals surface area contributed by atoms with Gasteiger partial charge in [-0.05, 0) is 61.9 Å². The lowest BCUT2D eigenvalue weighted by Gasteiger charge is -2.18. The summed E-state index contributed by atoms with van der Waals surface area (Å²) in [5.41, 5.74) is 3.04. The maximum atomic E-state index is 5.98. The first-order valence-corrected chi connectivity index (χ1v) is 6.41. The number of nitrogens with one attached hydrogen (secondary N) is 1. The van der Waals surface area contributed by atoms with Gasteiger partial charge in [0.05, 0.1) is 0 Å². The summed E-state index contributed by atoms with van der Waals surface area (Å²) in [6, 6.07) is 6.65. The third-order valence-electron chi connectivity index (χ3n) is 3.64. The quantitative estimate of drug-likeness (QED) is 0.820. The van der Waals surface area contributed by atoms with Crippen LogP contribution in [0.3, 0.4) is 0 Å². The number of hydrogen-bond acceptors (Lipinski definition) is 2. The van der Waals surface area contributed by atoms with Crippen LogP contribution in [0, 0.1) is 0 Å². The fourth-order valence-corrected chi connectivity index (χ4v) is 2.70. The Hall–Kier alpha value is -1.02. The van der Waals surface area contributed by atoms with E-state index < -0.39 is 0 Å². The Labute approximate surface area is 97.0 Å². The van der Waals surface area contributed by atoms with Gasteiger partial charge in [-0.15, -0.1) is 0 Å². The molecule has 86 valence electrons. The van der Waals surface area contributed by atoms with Crippen molar-refractivity contribution < 1.29 is 4.74 Å². The first kappa shape index (κ1) is 10.2. The van der Waals surface area contributed by atoms with Gasteiger partial charge in [-0.3, -0.25) is 0 Å². The Morgan fingerprint density at radius 1 is 1.12 bits per heavy atom. The van der Waals surface area contributed by atoms with E-state index in [9.17, 15) is 0 Å². The molecule has 1 atom stereocenters. The molecular formula is C14H19NO. The molecule has 0 bridgehead atoms. The summed E-state index contributed by atoms with van der Waals surface area (Å²) < 4.78 is 5.98. The van der Waals surface area contributed by atoms with Crippen LogP contribution in [0.2, 0.25) is 0 Å². The highest BCUT2D eigenvalue weighted by molar-refractivity contribution is 5.37. The molecule has 3 rings (SSSR count). The van der Waals surface area contributed by atoms with Crippen molar-refractivity contribution in [2.24, 2.45) is 0 Å². The third-order valence-corrected chi connectivity index (χ3v) is 3.64. The average Bonchev–Trinajstić information content (AvgIpc) is 2.82. The van der Waals surface area contributed by atoms with Crippen molar-refractivity contribution in [1.82, 2.24) is 5.32 Å². The van der Waals surface area contributed by atoms with Gasteiger partial charge < -0.3 is 10.1 Å². The van der Waals surface area contributed by atoms with Crippen molar-refractivity contribution in [2.45, 2.75) is 38.2 Å². The zero-order valence-electron chi connectivity index (χ0n) is 9.67. The second-order valence-electron chi connectivity index (χ2n) is 4.87. The van der Waals surface area contributed by atoms with Crippen molar-refractivity contribution in [3.05, 3.63) is 29.3 Å². The Balaban J connectivity index is 1.74. The minimum atomic E-state index is 0.377. The van der Waals surface area contributed by atoms with Crippen LogP contribution < -0.4 is 10.1 Å². The van der Waals surface area contributed by atoms with E-state index in [1.54, 1.807) is 0 Å². The minimum Gasteiger partial charge on any atom is -0.489 e. The average molecular weight is 217 g/mol. The van der Waals surface area contributed by atoms with Crippen LogP contribution in [0.5, 0.6) is 5.75 Å². The SMILES string of the molecule is c1cc2c(cc1O[C@@H]1CCNC1)CCCC2. The van der Waals surface area contributed by atoms with Crippen LogP contribution >= 0.6 is 0 Å². The Morgan fingerprint density at radius 2 is 2.00 bits per heavy atom. The van der Waals surface area contributed by atoms with Crippen LogP contribution in [0.25, 0.3) is 0 Å². The molecule has 0 aromatic heterocycles. The Kier molecular flexibility index (Phi) is 2.83. The molecule has 1 aliphatic carbocycles. The van der Waals surface area contributed by atoms with Crippen LogP contribution in [0.15, 0.2) is 18.2 Å². The fourth-order valence-electron chi connectivity index (χ4n) is 2.70. The highest BCUT2D eigenvalue weighted by Gasteiger charge is 2.17. The molecule has 0 spiro atoms. The zero-order chi connectivity index (χ0) is 10.8. The van der Waals surface area contributed by atoms with E-state index in [1.165, 1.54) is 36.8 Å². The lowest BCUT2D eigenvalue weighted by Crippen LogP contribution is -2.19. The van der Waals surface area contributed by atoms with Gasteiger partial charge in [0.15, 0.2) is 0 Å². The van der Waals surface area contributed by atoms with Gasteiger partial charge in [-0.25, -0.2) is 0 Å². The van der Waals surface area contributed by atoms with E-state index in [0.717, 1.165) is 25.3 Å². The predicted octanol–water partition coefficient (Wildman–Crippen LogP) is 2.31. The molecular weight excluding hydrogens is 198 g/mol. The summed E-state index contributed by atoms with van der Waals surface area (Å²) in [4.78, 5) is 0. The van der Waals surface area contributed by atoms with Crippen LogP contribution in [-0.2, 0) is 12.8 Å². The molecule has 1 N–H and O–H groups in total. The van der Waals surface area contributed by atoms with Crippen LogP contribution in [-0.4, -0.2) is 19.2 Å². The van der Waals surface area contributed by atoms with Crippen LogP contribution in [0.4, 0.5) is 0 Å². The van der Waals surface area contributed by atoms with Crippen molar-refractivity contribution in [1.29, 1.82) is 0 Å². The van der Waals surface area contributed by atoms with Crippen molar-refractivity contribution >= 4 is 0 Å². The summed E-state index contributed by atoms with van der Waals surface area (Å²) in [6.45, 7) is 2.09. The lowest BCUT2D eigenvalue weighted by molar-refractivity contribution is 0.222. The summed E-state index contributed by atoms with van der Waals surface area (Å²) in [5, 5.41) is 3.33. The number of hydrogen-bond donors (Lipinski definition) is 1.